The van der Waals surface area contributed by atoms with Gasteiger partial charge in [0.15, 0.2) is 0 Å². The number of aryl methyl sites for hydroxylation is 1. The molecule has 0 N–H and O–H groups in total. The summed E-state index contributed by atoms with van der Waals surface area (Å²) in [6, 6.07) is 8.86. The first kappa shape index (κ1) is 12.5. The molecule has 2 saturated carbocycles. The molecule has 1 aromatic rings. The molecular formula is C17H21NO. The van der Waals surface area contributed by atoms with Crippen molar-refractivity contribution in [3.05, 3.63) is 29.3 Å². The van der Waals surface area contributed by atoms with E-state index in [-0.39, 0.29) is 5.41 Å². The average Bonchev–Trinajstić information content (AvgIpc) is 2.86. The van der Waals surface area contributed by atoms with Crippen LogP contribution in [0.3, 0.4) is 0 Å². The molecule has 0 saturated heterocycles. The lowest BCUT2D eigenvalue weighted by Gasteiger charge is -2.51. The fourth-order valence-electron chi connectivity index (χ4n) is 4.17. The number of ether oxygens (including phenoxy) is 1. The van der Waals surface area contributed by atoms with E-state index in [1.165, 1.54) is 25.7 Å². The van der Waals surface area contributed by atoms with Gasteiger partial charge in [-0.15, -0.1) is 0 Å². The van der Waals surface area contributed by atoms with Crippen LogP contribution in [0.5, 0.6) is 5.75 Å². The monoisotopic (exact) mass is 255 g/mol. The number of nitriles is 1. The molecule has 0 aromatic heterocycles. The minimum Gasteiger partial charge on any atom is -0.496 e. The van der Waals surface area contributed by atoms with Crippen LogP contribution in [0.25, 0.3) is 0 Å². The summed E-state index contributed by atoms with van der Waals surface area (Å²) < 4.78 is 5.40. The standard InChI is InChI=1S/C17H21NO/c1-13-5-6-14(9-15(13)19-2)17(12-18)10-16(11-17)7-3-4-8-16/h5-6,9H,3-4,7-8,10-11H2,1-2H3. The van der Waals surface area contributed by atoms with E-state index in [0.29, 0.717) is 5.41 Å². The molecule has 1 spiro atoms. The average molecular weight is 255 g/mol. The maximum atomic E-state index is 9.68. The van der Waals surface area contributed by atoms with Crippen molar-refractivity contribution < 1.29 is 4.74 Å². The van der Waals surface area contributed by atoms with Crippen molar-refractivity contribution in [2.24, 2.45) is 5.41 Å². The predicted molar refractivity (Wildman–Crippen MR) is 75.2 cm³/mol. The molecule has 2 aliphatic rings. The summed E-state index contributed by atoms with van der Waals surface area (Å²) >= 11 is 0. The maximum Gasteiger partial charge on any atom is 0.122 e. The molecule has 0 unspecified atom stereocenters. The zero-order chi connectivity index (χ0) is 13.5. The molecule has 0 heterocycles. The van der Waals surface area contributed by atoms with Crippen molar-refractivity contribution in [2.75, 3.05) is 7.11 Å². The van der Waals surface area contributed by atoms with Crippen molar-refractivity contribution in [1.29, 1.82) is 5.26 Å². The van der Waals surface area contributed by atoms with Crippen LogP contribution >= 0.6 is 0 Å². The van der Waals surface area contributed by atoms with Crippen LogP contribution in [0.1, 0.15) is 49.7 Å². The molecule has 100 valence electrons. The summed E-state index contributed by atoms with van der Waals surface area (Å²) in [5.41, 5.74) is 2.50. The number of methoxy groups -OCH3 is 1. The summed E-state index contributed by atoms with van der Waals surface area (Å²) in [6.07, 6.45) is 7.42. The van der Waals surface area contributed by atoms with Gasteiger partial charge in [-0.05, 0) is 55.2 Å². The molecule has 19 heavy (non-hydrogen) atoms. The predicted octanol–water partition coefficient (Wildman–Crippen LogP) is 4.12. The molecule has 2 fully saturated rings. The fourth-order valence-corrected chi connectivity index (χ4v) is 4.17. The lowest BCUT2D eigenvalue weighted by atomic mass is 9.50. The van der Waals surface area contributed by atoms with Gasteiger partial charge < -0.3 is 4.74 Å². The van der Waals surface area contributed by atoms with Gasteiger partial charge in [0.2, 0.25) is 0 Å². The van der Waals surface area contributed by atoms with E-state index in [9.17, 15) is 5.26 Å². The van der Waals surface area contributed by atoms with Crippen LogP contribution in [0.2, 0.25) is 0 Å². The van der Waals surface area contributed by atoms with Crippen molar-refractivity contribution in [1.82, 2.24) is 0 Å². The zero-order valence-electron chi connectivity index (χ0n) is 11.8. The Morgan fingerprint density at radius 2 is 1.89 bits per heavy atom. The number of rotatable bonds is 2. The van der Waals surface area contributed by atoms with Crippen molar-refractivity contribution >= 4 is 0 Å². The normalized spacial score (nSPS) is 22.8. The van der Waals surface area contributed by atoms with Crippen LogP contribution in [-0.2, 0) is 5.41 Å². The van der Waals surface area contributed by atoms with Gasteiger partial charge in [-0.3, -0.25) is 0 Å². The molecule has 1 aromatic carbocycles. The number of hydrogen-bond acceptors (Lipinski definition) is 2. The zero-order valence-corrected chi connectivity index (χ0v) is 11.8. The highest BCUT2D eigenvalue weighted by Crippen LogP contribution is 2.62. The Balaban J connectivity index is 1.90. The summed E-state index contributed by atoms with van der Waals surface area (Å²) in [4.78, 5) is 0. The molecule has 2 aliphatic carbocycles. The summed E-state index contributed by atoms with van der Waals surface area (Å²) in [5, 5.41) is 9.68. The molecule has 0 amide bonds. The Kier molecular flexibility index (Phi) is 2.82. The maximum absolute atomic E-state index is 9.68. The first-order chi connectivity index (χ1) is 9.13. The SMILES string of the molecule is COc1cc(C2(C#N)CC3(CCCC3)C2)ccc1C. The Labute approximate surface area is 115 Å². The molecule has 0 aliphatic heterocycles. The van der Waals surface area contributed by atoms with Crippen molar-refractivity contribution in [3.8, 4) is 11.8 Å². The molecule has 0 radical (unpaired) electrons. The topological polar surface area (TPSA) is 33.0 Å². The van der Waals surface area contributed by atoms with Gasteiger partial charge in [-0.1, -0.05) is 25.0 Å². The quantitative estimate of drug-likeness (QED) is 0.796. The fraction of sp³-hybridized carbons (Fsp3) is 0.588. The van der Waals surface area contributed by atoms with E-state index in [4.69, 9.17) is 4.74 Å². The van der Waals surface area contributed by atoms with Gasteiger partial charge in [0.1, 0.15) is 5.75 Å². The van der Waals surface area contributed by atoms with E-state index in [2.05, 4.69) is 24.3 Å². The molecule has 0 atom stereocenters. The van der Waals surface area contributed by atoms with Crippen LogP contribution in [0.15, 0.2) is 18.2 Å². The third-order valence-electron chi connectivity index (χ3n) is 5.19. The Morgan fingerprint density at radius 3 is 2.47 bits per heavy atom. The Bertz CT molecular complexity index is 527. The second kappa shape index (κ2) is 4.27. The van der Waals surface area contributed by atoms with Crippen LogP contribution in [0, 0.1) is 23.7 Å². The molecule has 2 nitrogen and oxygen atoms in total. The number of hydrogen-bond donors (Lipinski definition) is 0. The van der Waals surface area contributed by atoms with E-state index in [1.54, 1.807) is 7.11 Å². The van der Waals surface area contributed by atoms with Crippen LogP contribution in [-0.4, -0.2) is 7.11 Å². The first-order valence-electron chi connectivity index (χ1n) is 7.20. The summed E-state index contributed by atoms with van der Waals surface area (Å²) in [5.74, 6) is 0.902. The summed E-state index contributed by atoms with van der Waals surface area (Å²) in [6.45, 7) is 2.04. The lowest BCUT2D eigenvalue weighted by Crippen LogP contribution is -2.47. The van der Waals surface area contributed by atoms with Crippen LogP contribution < -0.4 is 4.74 Å². The first-order valence-corrected chi connectivity index (χ1v) is 7.20. The molecule has 2 heteroatoms. The van der Waals surface area contributed by atoms with Gasteiger partial charge in [-0.2, -0.15) is 5.26 Å². The van der Waals surface area contributed by atoms with Gasteiger partial charge in [0.25, 0.3) is 0 Å². The lowest BCUT2D eigenvalue weighted by molar-refractivity contribution is 0.0647. The largest absolute Gasteiger partial charge is 0.496 e. The Hall–Kier alpha value is -1.49. The highest BCUT2D eigenvalue weighted by Gasteiger charge is 2.56. The number of nitrogens with zero attached hydrogens (tertiary/aromatic N) is 1. The van der Waals surface area contributed by atoms with Gasteiger partial charge in [-0.25, -0.2) is 0 Å². The molecular weight excluding hydrogens is 234 g/mol. The number of benzene rings is 1. The van der Waals surface area contributed by atoms with E-state index in [1.807, 2.05) is 6.92 Å². The minimum atomic E-state index is -0.259. The third-order valence-corrected chi connectivity index (χ3v) is 5.19. The van der Waals surface area contributed by atoms with Crippen LogP contribution in [0.4, 0.5) is 0 Å². The second-order valence-electron chi connectivity index (χ2n) is 6.44. The smallest absolute Gasteiger partial charge is 0.122 e. The minimum absolute atomic E-state index is 0.259. The van der Waals surface area contributed by atoms with Crippen molar-refractivity contribution in [3.63, 3.8) is 0 Å². The van der Waals surface area contributed by atoms with E-state index >= 15 is 0 Å². The van der Waals surface area contributed by atoms with Gasteiger partial charge in [0, 0.05) is 0 Å². The van der Waals surface area contributed by atoms with E-state index < -0.39 is 0 Å². The third kappa shape index (κ3) is 1.84. The molecule has 3 rings (SSSR count). The highest BCUT2D eigenvalue weighted by atomic mass is 16.5. The second-order valence-corrected chi connectivity index (χ2v) is 6.44. The van der Waals surface area contributed by atoms with E-state index in [0.717, 1.165) is 29.7 Å². The van der Waals surface area contributed by atoms with Crippen molar-refractivity contribution in [2.45, 2.75) is 50.9 Å². The Morgan fingerprint density at radius 1 is 1.21 bits per heavy atom. The van der Waals surface area contributed by atoms with Gasteiger partial charge >= 0.3 is 0 Å². The molecule has 0 bridgehead atoms. The summed E-state index contributed by atoms with van der Waals surface area (Å²) in [7, 11) is 1.70. The highest BCUT2D eigenvalue weighted by molar-refractivity contribution is 5.45. The van der Waals surface area contributed by atoms with Gasteiger partial charge in [0.05, 0.1) is 18.6 Å².